The third-order valence-electron chi connectivity index (χ3n) is 4.97. The number of halogens is 1. The first kappa shape index (κ1) is 20.1. The molecule has 0 aliphatic carbocycles. The van der Waals surface area contributed by atoms with Gasteiger partial charge in [-0.05, 0) is 52.7 Å². The van der Waals surface area contributed by atoms with E-state index in [0.29, 0.717) is 33.1 Å². The Labute approximate surface area is 182 Å². The van der Waals surface area contributed by atoms with Crippen molar-refractivity contribution in [1.29, 1.82) is 0 Å². The van der Waals surface area contributed by atoms with Crippen LogP contribution in [0.15, 0.2) is 92.7 Å². The molecule has 30 heavy (non-hydrogen) atoms. The summed E-state index contributed by atoms with van der Waals surface area (Å²) in [7, 11) is 0. The zero-order valence-corrected chi connectivity index (χ0v) is 18.1. The lowest BCUT2D eigenvalue weighted by Gasteiger charge is -2.23. The van der Waals surface area contributed by atoms with E-state index < -0.39 is 0 Å². The van der Waals surface area contributed by atoms with Gasteiger partial charge in [-0.25, -0.2) is 0 Å². The minimum absolute atomic E-state index is 0.113. The molecule has 1 amide bonds. The molecule has 0 N–H and O–H groups in total. The SMILES string of the molecule is Cc1ccc2occ(CN(Cc3ccccc3)C(=O)c3ccccc3Br)c(=O)c2c1. The van der Waals surface area contributed by atoms with Gasteiger partial charge in [0.15, 0.2) is 5.43 Å². The summed E-state index contributed by atoms with van der Waals surface area (Å²) in [6.45, 7) is 2.47. The zero-order chi connectivity index (χ0) is 21.1. The van der Waals surface area contributed by atoms with E-state index in [0.717, 1.165) is 11.1 Å². The maximum absolute atomic E-state index is 13.4. The van der Waals surface area contributed by atoms with Gasteiger partial charge < -0.3 is 9.32 Å². The Morgan fingerprint density at radius 3 is 2.47 bits per heavy atom. The highest BCUT2D eigenvalue weighted by Gasteiger charge is 2.21. The van der Waals surface area contributed by atoms with Gasteiger partial charge in [-0.1, -0.05) is 54.1 Å². The van der Waals surface area contributed by atoms with Crippen molar-refractivity contribution in [2.24, 2.45) is 0 Å². The van der Waals surface area contributed by atoms with Crippen molar-refractivity contribution in [1.82, 2.24) is 4.90 Å². The van der Waals surface area contributed by atoms with Crippen LogP contribution in [0.25, 0.3) is 11.0 Å². The number of carbonyl (C=O) groups is 1. The average Bonchev–Trinajstić information content (AvgIpc) is 2.76. The second kappa shape index (κ2) is 8.67. The molecule has 1 aromatic heterocycles. The average molecular weight is 462 g/mol. The monoisotopic (exact) mass is 461 g/mol. The maximum atomic E-state index is 13.4. The minimum atomic E-state index is -0.157. The number of aryl methyl sites for hydroxylation is 1. The Kier molecular flexibility index (Phi) is 5.81. The zero-order valence-electron chi connectivity index (χ0n) is 16.5. The summed E-state index contributed by atoms with van der Waals surface area (Å²) < 4.78 is 6.41. The van der Waals surface area contributed by atoms with Crippen LogP contribution in [0.1, 0.15) is 27.0 Å². The lowest BCUT2D eigenvalue weighted by atomic mass is 10.1. The van der Waals surface area contributed by atoms with E-state index in [2.05, 4.69) is 15.9 Å². The quantitative estimate of drug-likeness (QED) is 0.382. The predicted octanol–water partition coefficient (Wildman–Crippen LogP) is 5.71. The van der Waals surface area contributed by atoms with Gasteiger partial charge in [0.1, 0.15) is 5.58 Å². The van der Waals surface area contributed by atoms with Crippen LogP contribution in [-0.4, -0.2) is 10.8 Å². The lowest BCUT2D eigenvalue weighted by Crippen LogP contribution is -2.32. The first-order valence-electron chi connectivity index (χ1n) is 9.61. The van der Waals surface area contributed by atoms with Crippen molar-refractivity contribution in [2.75, 3.05) is 0 Å². The summed E-state index contributed by atoms with van der Waals surface area (Å²) in [5, 5.41) is 0.528. The van der Waals surface area contributed by atoms with Gasteiger partial charge in [0.2, 0.25) is 0 Å². The molecule has 0 atom stereocenters. The number of hydrogen-bond donors (Lipinski definition) is 0. The van der Waals surface area contributed by atoms with Gasteiger partial charge in [-0.2, -0.15) is 0 Å². The Morgan fingerprint density at radius 1 is 0.967 bits per heavy atom. The van der Waals surface area contributed by atoms with Gasteiger partial charge in [0.05, 0.1) is 29.3 Å². The molecule has 1 heterocycles. The Hall–Kier alpha value is -3.18. The highest BCUT2D eigenvalue weighted by atomic mass is 79.9. The lowest BCUT2D eigenvalue weighted by molar-refractivity contribution is 0.0728. The molecule has 3 aromatic carbocycles. The number of nitrogens with zero attached hydrogens (tertiary/aromatic N) is 1. The Balaban J connectivity index is 1.74. The van der Waals surface area contributed by atoms with Crippen LogP contribution in [0.4, 0.5) is 0 Å². The summed E-state index contributed by atoms with van der Waals surface area (Å²) in [6.07, 6.45) is 1.46. The van der Waals surface area contributed by atoms with E-state index in [1.165, 1.54) is 6.26 Å². The normalized spacial score (nSPS) is 10.9. The van der Waals surface area contributed by atoms with Crippen molar-refractivity contribution < 1.29 is 9.21 Å². The molecule has 4 nitrogen and oxygen atoms in total. The molecular formula is C25H20BrNO3. The van der Waals surface area contributed by atoms with Crippen LogP contribution < -0.4 is 5.43 Å². The van der Waals surface area contributed by atoms with Crippen molar-refractivity contribution in [3.63, 3.8) is 0 Å². The molecule has 0 saturated heterocycles. The second-order valence-corrected chi connectivity index (χ2v) is 8.07. The molecule has 0 aliphatic heterocycles. The molecule has 4 aromatic rings. The number of carbonyl (C=O) groups excluding carboxylic acids is 1. The number of amides is 1. The van der Waals surface area contributed by atoms with E-state index >= 15 is 0 Å². The summed E-state index contributed by atoms with van der Waals surface area (Å²) >= 11 is 3.46. The molecule has 0 fully saturated rings. The predicted molar refractivity (Wildman–Crippen MR) is 121 cm³/mol. The molecule has 5 heteroatoms. The number of benzene rings is 3. The third kappa shape index (κ3) is 4.21. The maximum Gasteiger partial charge on any atom is 0.255 e. The standard InChI is InChI=1S/C25H20BrNO3/c1-17-11-12-23-21(13-17)24(28)19(16-30-23)15-27(14-18-7-3-2-4-8-18)25(29)20-9-5-6-10-22(20)26/h2-13,16H,14-15H2,1H3. The first-order valence-corrected chi connectivity index (χ1v) is 10.4. The van der Waals surface area contributed by atoms with E-state index in [4.69, 9.17) is 4.42 Å². The van der Waals surface area contributed by atoms with Crippen molar-refractivity contribution in [3.05, 3.63) is 116 Å². The van der Waals surface area contributed by atoms with Crippen molar-refractivity contribution >= 4 is 32.8 Å². The van der Waals surface area contributed by atoms with E-state index in [9.17, 15) is 9.59 Å². The largest absolute Gasteiger partial charge is 0.464 e. The summed E-state index contributed by atoms with van der Waals surface area (Å²) in [5.74, 6) is -0.157. The van der Waals surface area contributed by atoms with Crippen LogP contribution in [0.3, 0.4) is 0 Å². The molecule has 150 valence electrons. The first-order chi connectivity index (χ1) is 14.5. The fourth-order valence-electron chi connectivity index (χ4n) is 3.41. The fraction of sp³-hybridized carbons (Fsp3) is 0.120. The molecule has 0 unspecified atom stereocenters. The van der Waals surface area contributed by atoms with Gasteiger partial charge in [-0.15, -0.1) is 0 Å². The Morgan fingerprint density at radius 2 is 1.70 bits per heavy atom. The van der Waals surface area contributed by atoms with Gasteiger partial charge in [0.25, 0.3) is 5.91 Å². The summed E-state index contributed by atoms with van der Waals surface area (Å²) in [5.41, 5.74) is 3.40. The summed E-state index contributed by atoms with van der Waals surface area (Å²) in [6, 6.07) is 22.6. The molecule has 0 saturated carbocycles. The van der Waals surface area contributed by atoms with Crippen LogP contribution in [0.5, 0.6) is 0 Å². The number of fused-ring (bicyclic) bond motifs is 1. The third-order valence-corrected chi connectivity index (χ3v) is 5.66. The van der Waals surface area contributed by atoms with E-state index in [1.807, 2.05) is 67.6 Å². The second-order valence-electron chi connectivity index (χ2n) is 7.22. The van der Waals surface area contributed by atoms with Crippen LogP contribution in [0.2, 0.25) is 0 Å². The van der Waals surface area contributed by atoms with Crippen molar-refractivity contribution in [2.45, 2.75) is 20.0 Å². The van der Waals surface area contributed by atoms with Crippen LogP contribution in [0, 0.1) is 6.92 Å². The van der Waals surface area contributed by atoms with Gasteiger partial charge in [0, 0.05) is 11.0 Å². The van der Waals surface area contributed by atoms with Crippen LogP contribution >= 0.6 is 15.9 Å². The highest BCUT2D eigenvalue weighted by molar-refractivity contribution is 9.10. The smallest absolute Gasteiger partial charge is 0.255 e. The number of rotatable bonds is 5. The molecule has 0 radical (unpaired) electrons. The van der Waals surface area contributed by atoms with Crippen LogP contribution in [-0.2, 0) is 13.1 Å². The molecular weight excluding hydrogens is 442 g/mol. The topological polar surface area (TPSA) is 50.5 Å². The molecule has 0 aliphatic rings. The number of hydrogen-bond acceptors (Lipinski definition) is 3. The molecule has 4 rings (SSSR count). The molecule has 0 bridgehead atoms. The van der Waals surface area contributed by atoms with E-state index in [-0.39, 0.29) is 17.9 Å². The van der Waals surface area contributed by atoms with E-state index in [1.54, 1.807) is 17.0 Å². The minimum Gasteiger partial charge on any atom is -0.464 e. The Bertz CT molecular complexity index is 1260. The fourth-order valence-corrected chi connectivity index (χ4v) is 3.86. The van der Waals surface area contributed by atoms with Crippen molar-refractivity contribution in [3.8, 4) is 0 Å². The van der Waals surface area contributed by atoms with Gasteiger partial charge >= 0.3 is 0 Å². The van der Waals surface area contributed by atoms with Gasteiger partial charge in [-0.3, -0.25) is 9.59 Å². The highest BCUT2D eigenvalue weighted by Crippen LogP contribution is 2.21. The molecule has 0 spiro atoms. The summed E-state index contributed by atoms with van der Waals surface area (Å²) in [4.78, 5) is 28.1.